The third kappa shape index (κ3) is 20.6. The van der Waals surface area contributed by atoms with Gasteiger partial charge >= 0.3 is 101 Å². The molecule has 0 saturated carbocycles. The van der Waals surface area contributed by atoms with E-state index in [9.17, 15) is 9.59 Å². The average Bonchev–Trinajstić information content (AvgIpc) is 2.92. The minimum atomic E-state index is -0.517. The zero-order valence-corrected chi connectivity index (χ0v) is 25.8. The average molecular weight is 613 g/mol. The Kier molecular flexibility index (Phi) is 21.6. The number of esters is 2. The fraction of sp³-hybridized carbons (Fsp3) is 0.500. The van der Waals surface area contributed by atoms with Crippen molar-refractivity contribution < 1.29 is 19.1 Å². The Morgan fingerprint density at radius 2 is 0.919 bits per heavy atom. The maximum atomic E-state index is 11.4. The van der Waals surface area contributed by atoms with Crippen molar-refractivity contribution in [2.75, 3.05) is 13.2 Å². The van der Waals surface area contributed by atoms with E-state index in [-0.39, 0.29) is 0 Å². The molecule has 0 aliphatic rings. The van der Waals surface area contributed by atoms with E-state index in [1.165, 1.54) is 58.5 Å². The standard InChI is InChI=1S/C20H36O4.2C6H5.Sn/c1-3-5-7-9-11-13-17-23-19(21)15-16-20(22)24-18-14-12-10-8-6-4-2;2*1-2-4-6-5-3-1;/h15-16H,3-14,17-18H2,1-2H3;2*1-5H;/b16-15-;;;. The molecule has 0 atom stereocenters. The number of benzene rings is 2. The van der Waals surface area contributed by atoms with Crippen LogP contribution < -0.4 is 7.16 Å². The molecule has 0 N–H and O–H groups in total. The molecule has 0 unspecified atom stereocenters. The molecular weight excluding hydrogens is 567 g/mol. The van der Waals surface area contributed by atoms with Crippen LogP contribution in [0.2, 0.25) is 0 Å². The van der Waals surface area contributed by atoms with Crippen molar-refractivity contribution in [3.05, 3.63) is 72.8 Å². The number of hydrogen-bond donors (Lipinski definition) is 0. The van der Waals surface area contributed by atoms with Crippen LogP contribution >= 0.6 is 0 Å². The van der Waals surface area contributed by atoms with Crippen LogP contribution in [0.25, 0.3) is 0 Å². The summed E-state index contributed by atoms with van der Waals surface area (Å²) in [6.07, 6.45) is 16.1. The normalized spacial score (nSPS) is 10.5. The summed E-state index contributed by atoms with van der Waals surface area (Å²) in [5.74, 6) is -0.944. The molecule has 5 heteroatoms. The molecule has 0 aromatic heterocycles. The van der Waals surface area contributed by atoms with Gasteiger partial charge in [0, 0.05) is 12.2 Å². The van der Waals surface area contributed by atoms with Gasteiger partial charge in [0.25, 0.3) is 0 Å². The molecule has 4 nitrogen and oxygen atoms in total. The van der Waals surface area contributed by atoms with Crippen LogP contribution in [0.3, 0.4) is 0 Å². The molecule has 0 spiro atoms. The van der Waals surface area contributed by atoms with Gasteiger partial charge in [0.05, 0.1) is 13.2 Å². The fourth-order valence-corrected chi connectivity index (χ4v) is 6.55. The molecule has 37 heavy (non-hydrogen) atoms. The van der Waals surface area contributed by atoms with Gasteiger partial charge in [-0.05, 0) is 12.8 Å². The van der Waals surface area contributed by atoms with Crippen LogP contribution in [0.1, 0.15) is 90.9 Å². The fourth-order valence-electron chi connectivity index (χ4n) is 3.55. The van der Waals surface area contributed by atoms with Crippen molar-refractivity contribution in [2.45, 2.75) is 90.9 Å². The summed E-state index contributed by atoms with van der Waals surface area (Å²) in [4.78, 5) is 22.9. The van der Waals surface area contributed by atoms with Crippen molar-refractivity contribution in [3.63, 3.8) is 0 Å². The Balaban J connectivity index is 0.000000435. The van der Waals surface area contributed by atoms with Crippen molar-refractivity contribution in [1.29, 1.82) is 0 Å². The van der Waals surface area contributed by atoms with Gasteiger partial charge in [-0.1, -0.05) is 78.1 Å². The molecule has 0 bridgehead atoms. The van der Waals surface area contributed by atoms with Crippen LogP contribution in [0.15, 0.2) is 72.8 Å². The monoisotopic (exact) mass is 614 g/mol. The summed E-state index contributed by atoms with van der Waals surface area (Å²) in [6.45, 7) is 5.21. The molecular formula is C32H46O4Sn. The quantitative estimate of drug-likeness (QED) is 0.0814. The first kappa shape index (κ1) is 32.9. The summed E-state index contributed by atoms with van der Waals surface area (Å²) < 4.78 is 13.2. The van der Waals surface area contributed by atoms with Crippen LogP contribution in [0, 0.1) is 0 Å². The summed E-state index contributed by atoms with van der Waals surface area (Å²) in [6, 6.07) is 21.6. The predicted molar refractivity (Wildman–Crippen MR) is 156 cm³/mol. The molecule has 0 aliphatic carbocycles. The Labute approximate surface area is 235 Å². The van der Waals surface area contributed by atoms with E-state index in [1.807, 2.05) is 0 Å². The molecule has 0 heterocycles. The van der Waals surface area contributed by atoms with Crippen LogP contribution in [0.5, 0.6) is 0 Å². The SMILES string of the molecule is CCCCCCCCOC(=O)/C=C\C(=O)OCCCCCCCC.c1cc[c]([Sn][c]2ccccc2)cc1. The van der Waals surface area contributed by atoms with Crippen LogP contribution in [0.4, 0.5) is 0 Å². The molecule has 0 saturated heterocycles. The van der Waals surface area contributed by atoms with E-state index in [1.54, 1.807) is 0 Å². The first-order valence-electron chi connectivity index (χ1n) is 14.0. The number of carbonyl (C=O) groups is 2. The summed E-state index contributed by atoms with van der Waals surface area (Å²) in [7, 11) is 0. The van der Waals surface area contributed by atoms with Gasteiger partial charge in [-0.25, -0.2) is 9.59 Å². The molecule has 2 aromatic carbocycles. The van der Waals surface area contributed by atoms with E-state index < -0.39 is 33.1 Å². The topological polar surface area (TPSA) is 52.6 Å². The van der Waals surface area contributed by atoms with E-state index in [0.717, 1.165) is 37.8 Å². The van der Waals surface area contributed by atoms with Crippen molar-refractivity contribution >= 4 is 40.2 Å². The number of rotatable bonds is 18. The third-order valence-electron chi connectivity index (χ3n) is 5.68. The van der Waals surface area contributed by atoms with Gasteiger partial charge in [-0.15, -0.1) is 0 Å². The number of unbranched alkanes of at least 4 members (excludes halogenated alkanes) is 10. The Bertz CT molecular complexity index is 767. The second-order valence-electron chi connectivity index (χ2n) is 9.06. The van der Waals surface area contributed by atoms with Crippen molar-refractivity contribution in [2.24, 2.45) is 0 Å². The number of carbonyl (C=O) groups excluding carboxylic acids is 2. The maximum absolute atomic E-state index is 11.4. The molecule has 202 valence electrons. The number of ether oxygens (including phenoxy) is 2. The van der Waals surface area contributed by atoms with Gasteiger partial charge < -0.3 is 9.47 Å². The number of hydrogen-bond acceptors (Lipinski definition) is 4. The van der Waals surface area contributed by atoms with Crippen LogP contribution in [-0.4, -0.2) is 46.3 Å². The summed E-state index contributed by atoms with van der Waals surface area (Å²) in [5, 5.41) is 0. The van der Waals surface area contributed by atoms with Crippen molar-refractivity contribution in [3.8, 4) is 0 Å². The van der Waals surface area contributed by atoms with Gasteiger partial charge in [0.2, 0.25) is 0 Å². The second kappa shape index (κ2) is 24.3. The predicted octanol–water partition coefficient (Wildman–Crippen LogP) is 6.69. The Morgan fingerprint density at radius 3 is 1.30 bits per heavy atom. The Hall–Kier alpha value is -2.08. The minimum absolute atomic E-state index is 0.419. The third-order valence-corrected chi connectivity index (χ3v) is 9.23. The zero-order chi connectivity index (χ0) is 26.8. The molecule has 2 aromatic rings. The zero-order valence-electron chi connectivity index (χ0n) is 23.0. The van der Waals surface area contributed by atoms with Gasteiger partial charge in [-0.3, -0.25) is 0 Å². The Morgan fingerprint density at radius 1 is 0.568 bits per heavy atom. The van der Waals surface area contributed by atoms with E-state index in [0.29, 0.717) is 13.2 Å². The van der Waals surface area contributed by atoms with Crippen LogP contribution in [-0.2, 0) is 19.1 Å². The molecule has 2 rings (SSSR count). The second-order valence-corrected chi connectivity index (χ2v) is 13.1. The molecule has 0 fully saturated rings. The summed E-state index contributed by atoms with van der Waals surface area (Å²) in [5.41, 5.74) is 0. The molecule has 0 aliphatic heterocycles. The van der Waals surface area contributed by atoms with Crippen molar-refractivity contribution in [1.82, 2.24) is 0 Å². The van der Waals surface area contributed by atoms with E-state index >= 15 is 0 Å². The van der Waals surface area contributed by atoms with Gasteiger partial charge in [0.1, 0.15) is 0 Å². The first-order valence-corrected chi connectivity index (χ1v) is 16.9. The van der Waals surface area contributed by atoms with Gasteiger partial charge in [-0.2, -0.15) is 0 Å². The van der Waals surface area contributed by atoms with E-state index in [4.69, 9.17) is 9.47 Å². The first-order chi connectivity index (χ1) is 18.2. The molecule has 0 amide bonds. The van der Waals surface area contributed by atoms with E-state index in [2.05, 4.69) is 74.5 Å². The summed E-state index contributed by atoms with van der Waals surface area (Å²) >= 11 is -0.517. The molecule has 2 radical (unpaired) electrons. The van der Waals surface area contributed by atoms with Gasteiger partial charge in [0.15, 0.2) is 0 Å².